The molecule has 2 unspecified atom stereocenters. The van der Waals surface area contributed by atoms with Crippen molar-refractivity contribution in [2.24, 2.45) is 0 Å². The predicted octanol–water partition coefficient (Wildman–Crippen LogP) is 1.11. The standard InChI is InChI=1S/C27H28N4O5/c1-19(32)25(27(35)30-36)29-26(34)22-12-8-20(9-13-22)6-2-3-7-21-10-14-23(15-11-21)28-24(33)18-31-16-4-5-17-31/h8-15,19,25,32,36H,4-5,16-18H2,1H3,(H,28,33)(H,29,34)(H,30,35). The largest absolute Gasteiger partial charge is 0.391 e. The number of rotatable bonds is 7. The summed E-state index contributed by atoms with van der Waals surface area (Å²) in [7, 11) is 0. The number of hydroxylamine groups is 1. The number of aliphatic hydroxyl groups excluding tert-OH is 1. The maximum Gasteiger partial charge on any atom is 0.268 e. The molecule has 0 saturated carbocycles. The molecule has 2 aromatic rings. The number of nitrogens with zero attached hydrogens (tertiary/aromatic N) is 1. The highest BCUT2D eigenvalue weighted by atomic mass is 16.5. The van der Waals surface area contributed by atoms with Gasteiger partial charge in [-0.3, -0.25) is 24.5 Å². The third kappa shape index (κ3) is 7.97. The number of benzene rings is 2. The van der Waals surface area contributed by atoms with Crippen molar-refractivity contribution < 1.29 is 24.7 Å². The van der Waals surface area contributed by atoms with Crippen molar-refractivity contribution in [1.29, 1.82) is 0 Å². The second-order valence-electron chi connectivity index (χ2n) is 8.35. The van der Waals surface area contributed by atoms with Gasteiger partial charge in [0.2, 0.25) is 5.91 Å². The average molecular weight is 489 g/mol. The summed E-state index contributed by atoms with van der Waals surface area (Å²) in [5.41, 5.74) is 3.78. The Morgan fingerprint density at radius 2 is 1.50 bits per heavy atom. The van der Waals surface area contributed by atoms with Crippen molar-refractivity contribution in [3.63, 3.8) is 0 Å². The van der Waals surface area contributed by atoms with Crippen LogP contribution in [0.15, 0.2) is 48.5 Å². The first-order valence-corrected chi connectivity index (χ1v) is 11.5. The number of hydrogen-bond donors (Lipinski definition) is 5. The molecular formula is C27H28N4O5. The molecule has 9 nitrogen and oxygen atoms in total. The van der Waals surface area contributed by atoms with Gasteiger partial charge in [0.25, 0.3) is 11.8 Å². The van der Waals surface area contributed by atoms with Crippen molar-refractivity contribution in [3.8, 4) is 23.7 Å². The summed E-state index contributed by atoms with van der Waals surface area (Å²) in [6, 6.07) is 12.2. The lowest BCUT2D eigenvalue weighted by atomic mass is 10.1. The van der Waals surface area contributed by atoms with E-state index in [0.717, 1.165) is 37.2 Å². The molecule has 3 rings (SSSR count). The lowest BCUT2D eigenvalue weighted by Crippen LogP contribution is -2.51. The van der Waals surface area contributed by atoms with Crippen LogP contribution in [0, 0.1) is 23.7 Å². The van der Waals surface area contributed by atoms with Crippen molar-refractivity contribution in [1.82, 2.24) is 15.7 Å². The van der Waals surface area contributed by atoms with Gasteiger partial charge in [-0.25, -0.2) is 5.48 Å². The van der Waals surface area contributed by atoms with Crippen molar-refractivity contribution >= 4 is 23.4 Å². The molecule has 5 N–H and O–H groups in total. The number of nitrogens with one attached hydrogen (secondary N) is 3. The molecule has 1 saturated heterocycles. The number of hydrogen-bond acceptors (Lipinski definition) is 6. The summed E-state index contributed by atoms with van der Waals surface area (Å²) in [6.45, 7) is 3.67. The van der Waals surface area contributed by atoms with Gasteiger partial charge in [-0.2, -0.15) is 0 Å². The van der Waals surface area contributed by atoms with Gasteiger partial charge in [-0.15, -0.1) is 0 Å². The van der Waals surface area contributed by atoms with Gasteiger partial charge in [0, 0.05) is 22.4 Å². The summed E-state index contributed by atoms with van der Waals surface area (Å²) >= 11 is 0. The molecule has 186 valence electrons. The molecule has 0 aliphatic carbocycles. The van der Waals surface area contributed by atoms with Crippen molar-refractivity contribution in [2.45, 2.75) is 31.9 Å². The smallest absolute Gasteiger partial charge is 0.268 e. The molecular weight excluding hydrogens is 460 g/mol. The molecule has 2 aromatic carbocycles. The Bertz CT molecular complexity index is 1200. The second-order valence-corrected chi connectivity index (χ2v) is 8.35. The highest BCUT2D eigenvalue weighted by Gasteiger charge is 2.25. The maximum absolute atomic E-state index is 12.3. The van der Waals surface area contributed by atoms with Crippen LogP contribution < -0.4 is 16.1 Å². The van der Waals surface area contributed by atoms with E-state index >= 15 is 0 Å². The monoisotopic (exact) mass is 488 g/mol. The fraction of sp³-hybridized carbons (Fsp3) is 0.296. The van der Waals surface area contributed by atoms with E-state index in [1.165, 1.54) is 24.5 Å². The summed E-state index contributed by atoms with van der Waals surface area (Å²) in [5, 5.41) is 23.6. The Labute approximate surface area is 209 Å². The summed E-state index contributed by atoms with van der Waals surface area (Å²) in [6.07, 6.45) is 1.09. The number of carbonyl (C=O) groups is 3. The molecule has 0 spiro atoms. The second kappa shape index (κ2) is 13.1. The third-order valence-electron chi connectivity index (χ3n) is 5.52. The summed E-state index contributed by atoms with van der Waals surface area (Å²) in [4.78, 5) is 38.1. The van der Waals surface area contributed by atoms with E-state index in [4.69, 9.17) is 5.21 Å². The number of anilines is 1. The molecule has 1 aliphatic heterocycles. The molecule has 1 aliphatic rings. The number of carbonyl (C=O) groups excluding carboxylic acids is 3. The van der Waals surface area contributed by atoms with Gasteiger partial charge < -0.3 is 15.7 Å². The Morgan fingerprint density at radius 1 is 0.944 bits per heavy atom. The van der Waals surface area contributed by atoms with Crippen LogP contribution in [0.2, 0.25) is 0 Å². The van der Waals surface area contributed by atoms with Crippen LogP contribution in [0.3, 0.4) is 0 Å². The van der Waals surface area contributed by atoms with Crippen LogP contribution in [0.5, 0.6) is 0 Å². The first kappa shape index (κ1) is 26.5. The van der Waals surface area contributed by atoms with Crippen molar-refractivity contribution in [2.75, 3.05) is 25.0 Å². The van der Waals surface area contributed by atoms with E-state index in [1.54, 1.807) is 24.3 Å². The zero-order valence-electron chi connectivity index (χ0n) is 19.9. The molecule has 3 amide bonds. The molecule has 1 heterocycles. The minimum Gasteiger partial charge on any atom is -0.391 e. The third-order valence-corrected chi connectivity index (χ3v) is 5.52. The van der Waals surface area contributed by atoms with E-state index in [1.807, 2.05) is 12.1 Å². The lowest BCUT2D eigenvalue weighted by Gasteiger charge is -2.19. The van der Waals surface area contributed by atoms with Crippen LogP contribution in [0.4, 0.5) is 5.69 Å². The topological polar surface area (TPSA) is 131 Å². The molecule has 0 aromatic heterocycles. The first-order chi connectivity index (χ1) is 17.4. The van der Waals surface area contributed by atoms with Gasteiger partial charge in [-0.05, 0) is 93.2 Å². The molecule has 9 heteroatoms. The minimum absolute atomic E-state index is 0.0245. The predicted molar refractivity (Wildman–Crippen MR) is 134 cm³/mol. The molecule has 2 atom stereocenters. The van der Waals surface area contributed by atoms with Crippen LogP contribution in [-0.2, 0) is 9.59 Å². The fourth-order valence-electron chi connectivity index (χ4n) is 3.59. The van der Waals surface area contributed by atoms with E-state index in [2.05, 4.69) is 39.2 Å². The van der Waals surface area contributed by atoms with Gasteiger partial charge in [0.15, 0.2) is 0 Å². The van der Waals surface area contributed by atoms with Crippen LogP contribution in [0.1, 0.15) is 41.3 Å². The minimum atomic E-state index is -1.29. The molecule has 36 heavy (non-hydrogen) atoms. The lowest BCUT2D eigenvalue weighted by molar-refractivity contribution is -0.133. The van der Waals surface area contributed by atoms with Gasteiger partial charge in [0.05, 0.1) is 12.6 Å². The zero-order chi connectivity index (χ0) is 25.9. The van der Waals surface area contributed by atoms with E-state index in [9.17, 15) is 19.5 Å². The Balaban J connectivity index is 1.52. The van der Waals surface area contributed by atoms with Crippen LogP contribution in [0.25, 0.3) is 0 Å². The van der Waals surface area contributed by atoms with Gasteiger partial charge in [0.1, 0.15) is 6.04 Å². The first-order valence-electron chi connectivity index (χ1n) is 11.5. The number of aliphatic hydroxyl groups is 1. The van der Waals surface area contributed by atoms with Crippen molar-refractivity contribution in [3.05, 3.63) is 65.2 Å². The normalized spacial score (nSPS) is 14.3. The van der Waals surface area contributed by atoms with Gasteiger partial charge >= 0.3 is 0 Å². The fourth-order valence-corrected chi connectivity index (χ4v) is 3.59. The average Bonchev–Trinajstić information content (AvgIpc) is 3.38. The van der Waals surface area contributed by atoms with Gasteiger partial charge in [-0.1, -0.05) is 11.8 Å². The zero-order valence-corrected chi connectivity index (χ0v) is 19.9. The highest BCUT2D eigenvalue weighted by Crippen LogP contribution is 2.11. The maximum atomic E-state index is 12.3. The van der Waals surface area contributed by atoms with Crippen LogP contribution >= 0.6 is 0 Å². The number of amides is 3. The number of likely N-dealkylation sites (tertiary alicyclic amines) is 1. The summed E-state index contributed by atoms with van der Waals surface area (Å²) < 4.78 is 0. The highest BCUT2D eigenvalue weighted by molar-refractivity contribution is 5.97. The molecule has 0 bridgehead atoms. The van der Waals surface area contributed by atoms with E-state index < -0.39 is 24.0 Å². The Morgan fingerprint density at radius 3 is 2.03 bits per heavy atom. The Kier molecular flexibility index (Phi) is 9.61. The molecule has 0 radical (unpaired) electrons. The summed E-state index contributed by atoms with van der Waals surface area (Å²) in [5.74, 6) is 9.83. The SMILES string of the molecule is CC(O)C(NC(=O)c1ccc(C#CC#Cc2ccc(NC(=O)CN3CCCC3)cc2)cc1)C(=O)NO. The van der Waals surface area contributed by atoms with Crippen LogP contribution in [-0.4, -0.2) is 64.7 Å². The van der Waals surface area contributed by atoms with E-state index in [-0.39, 0.29) is 11.5 Å². The van der Waals surface area contributed by atoms with E-state index in [0.29, 0.717) is 12.1 Å². The molecule has 1 fully saturated rings. The quantitative estimate of drug-likeness (QED) is 0.225. The Hall–Kier alpha value is -4.15.